The average Bonchev–Trinajstić information content (AvgIpc) is 3.21. The fourth-order valence-electron chi connectivity index (χ4n) is 7.57. The molecule has 0 saturated carbocycles. The molecular formula is C51H97NO5. The second-order valence-corrected chi connectivity index (χ2v) is 17.1. The first kappa shape index (κ1) is 55.3. The second-order valence-electron chi connectivity index (χ2n) is 17.1. The number of hydrogen-bond acceptors (Lipinski definition) is 5. The van der Waals surface area contributed by atoms with Gasteiger partial charge in [0.15, 0.2) is 0 Å². The summed E-state index contributed by atoms with van der Waals surface area (Å²) in [6.07, 6.45) is 54.2. The SMILES string of the molecule is CCCCCC/C=C\CCCCCCCC(=O)OCCCCC/C=C\CCCCCCCC(=O)NC(CO)C(O)CCCCCCCCCCCCCCCCC. The molecule has 0 bridgehead atoms. The lowest BCUT2D eigenvalue weighted by Crippen LogP contribution is -2.45. The summed E-state index contributed by atoms with van der Waals surface area (Å²) in [5, 5.41) is 23.2. The van der Waals surface area contributed by atoms with E-state index in [0.717, 1.165) is 77.0 Å². The summed E-state index contributed by atoms with van der Waals surface area (Å²) in [5.74, 6) is -0.0933. The molecule has 6 heteroatoms. The fourth-order valence-corrected chi connectivity index (χ4v) is 7.57. The lowest BCUT2D eigenvalue weighted by Gasteiger charge is -2.22. The molecule has 336 valence electrons. The van der Waals surface area contributed by atoms with Gasteiger partial charge >= 0.3 is 5.97 Å². The highest BCUT2D eigenvalue weighted by molar-refractivity contribution is 5.76. The number of aliphatic hydroxyl groups excluding tert-OH is 2. The number of carbonyl (C=O) groups is 2. The Morgan fingerprint density at radius 3 is 1.26 bits per heavy atom. The van der Waals surface area contributed by atoms with Gasteiger partial charge in [0.05, 0.1) is 25.4 Å². The second kappa shape index (κ2) is 47.0. The first-order valence-corrected chi connectivity index (χ1v) is 25.1. The van der Waals surface area contributed by atoms with Gasteiger partial charge in [0.2, 0.25) is 5.91 Å². The Kier molecular flexibility index (Phi) is 45.7. The van der Waals surface area contributed by atoms with Gasteiger partial charge in [0, 0.05) is 12.8 Å². The number of rotatable bonds is 46. The standard InChI is InChI=1S/C51H97NO5/c1-3-5-7-9-11-13-15-17-18-20-23-27-31-35-39-43-49(54)48(47-53)52-50(55)44-40-36-32-28-24-21-22-26-30-34-38-42-46-57-51(56)45-41-37-33-29-25-19-16-14-12-10-8-6-4-2/h14,16,22,26,48-49,53-54H,3-13,15,17-21,23-25,27-47H2,1-2H3,(H,52,55)/b16-14-,26-22-. The van der Waals surface area contributed by atoms with Gasteiger partial charge in [0.1, 0.15) is 0 Å². The molecule has 3 N–H and O–H groups in total. The minimum Gasteiger partial charge on any atom is -0.466 e. The highest BCUT2D eigenvalue weighted by atomic mass is 16.5. The van der Waals surface area contributed by atoms with E-state index < -0.39 is 12.1 Å². The summed E-state index contributed by atoms with van der Waals surface area (Å²) >= 11 is 0. The van der Waals surface area contributed by atoms with Crippen LogP contribution in [0.4, 0.5) is 0 Å². The van der Waals surface area contributed by atoms with Crippen LogP contribution in [0, 0.1) is 0 Å². The van der Waals surface area contributed by atoms with Crippen molar-refractivity contribution >= 4 is 11.9 Å². The van der Waals surface area contributed by atoms with Crippen molar-refractivity contribution in [3.05, 3.63) is 24.3 Å². The molecule has 1 amide bonds. The Labute approximate surface area is 354 Å². The summed E-state index contributed by atoms with van der Waals surface area (Å²) in [6.45, 7) is 4.87. The first-order valence-electron chi connectivity index (χ1n) is 25.1. The maximum absolute atomic E-state index is 12.4. The van der Waals surface area contributed by atoms with E-state index in [1.54, 1.807) is 0 Å². The Balaban J connectivity index is 3.52. The van der Waals surface area contributed by atoms with Crippen LogP contribution in [0.15, 0.2) is 24.3 Å². The Hall–Kier alpha value is -1.66. The Morgan fingerprint density at radius 2 is 0.825 bits per heavy atom. The van der Waals surface area contributed by atoms with Crippen LogP contribution in [0.2, 0.25) is 0 Å². The lowest BCUT2D eigenvalue weighted by molar-refractivity contribution is -0.143. The van der Waals surface area contributed by atoms with Crippen LogP contribution < -0.4 is 5.32 Å². The zero-order valence-electron chi connectivity index (χ0n) is 38.1. The van der Waals surface area contributed by atoms with Crippen LogP contribution in [-0.2, 0) is 14.3 Å². The molecule has 0 aliphatic carbocycles. The van der Waals surface area contributed by atoms with E-state index in [-0.39, 0.29) is 18.5 Å². The monoisotopic (exact) mass is 804 g/mol. The molecule has 0 aliphatic heterocycles. The van der Waals surface area contributed by atoms with Gasteiger partial charge in [-0.05, 0) is 83.5 Å². The smallest absolute Gasteiger partial charge is 0.305 e. The Morgan fingerprint density at radius 1 is 0.474 bits per heavy atom. The van der Waals surface area contributed by atoms with Crippen molar-refractivity contribution in [1.29, 1.82) is 0 Å². The van der Waals surface area contributed by atoms with Crippen molar-refractivity contribution in [2.45, 2.75) is 276 Å². The maximum Gasteiger partial charge on any atom is 0.305 e. The van der Waals surface area contributed by atoms with Gasteiger partial charge in [-0.1, -0.05) is 192 Å². The minimum atomic E-state index is -0.680. The molecule has 0 aromatic heterocycles. The summed E-state index contributed by atoms with van der Waals surface area (Å²) in [7, 11) is 0. The van der Waals surface area contributed by atoms with Gasteiger partial charge in [0.25, 0.3) is 0 Å². The van der Waals surface area contributed by atoms with Crippen LogP contribution in [-0.4, -0.2) is 47.4 Å². The van der Waals surface area contributed by atoms with E-state index in [2.05, 4.69) is 43.5 Å². The predicted octanol–water partition coefficient (Wildman–Crippen LogP) is 14.7. The van der Waals surface area contributed by atoms with Crippen molar-refractivity contribution < 1.29 is 24.5 Å². The van der Waals surface area contributed by atoms with E-state index in [9.17, 15) is 19.8 Å². The third kappa shape index (κ3) is 43.7. The third-order valence-corrected chi connectivity index (χ3v) is 11.5. The van der Waals surface area contributed by atoms with Crippen molar-refractivity contribution in [3.63, 3.8) is 0 Å². The molecule has 0 fully saturated rings. The highest BCUT2D eigenvalue weighted by Gasteiger charge is 2.20. The first-order chi connectivity index (χ1) is 28.0. The number of hydrogen-bond donors (Lipinski definition) is 3. The normalized spacial score (nSPS) is 12.8. The molecular weight excluding hydrogens is 707 g/mol. The van der Waals surface area contributed by atoms with Gasteiger partial charge in [-0.25, -0.2) is 0 Å². The van der Waals surface area contributed by atoms with Crippen LogP contribution in [0.1, 0.15) is 264 Å². The summed E-state index contributed by atoms with van der Waals surface area (Å²) in [5.41, 5.74) is 0. The molecule has 0 aromatic rings. The zero-order chi connectivity index (χ0) is 41.5. The largest absolute Gasteiger partial charge is 0.466 e. The highest BCUT2D eigenvalue weighted by Crippen LogP contribution is 2.16. The molecule has 0 heterocycles. The zero-order valence-corrected chi connectivity index (χ0v) is 38.1. The van der Waals surface area contributed by atoms with Gasteiger partial charge in [-0.2, -0.15) is 0 Å². The quantitative estimate of drug-likeness (QED) is 0.0324. The summed E-state index contributed by atoms with van der Waals surface area (Å²) in [6, 6.07) is -0.560. The number of carbonyl (C=O) groups excluding carboxylic acids is 2. The predicted molar refractivity (Wildman–Crippen MR) is 246 cm³/mol. The molecule has 2 atom stereocenters. The fraction of sp³-hybridized carbons (Fsp3) is 0.882. The van der Waals surface area contributed by atoms with Crippen LogP contribution in [0.3, 0.4) is 0 Å². The van der Waals surface area contributed by atoms with Crippen molar-refractivity contribution in [2.24, 2.45) is 0 Å². The molecule has 0 radical (unpaired) electrons. The van der Waals surface area contributed by atoms with E-state index in [4.69, 9.17) is 4.74 Å². The van der Waals surface area contributed by atoms with E-state index >= 15 is 0 Å². The number of aliphatic hydroxyl groups is 2. The minimum absolute atomic E-state index is 0.0322. The van der Waals surface area contributed by atoms with Gasteiger partial charge in [-0.3, -0.25) is 9.59 Å². The molecule has 2 unspecified atom stereocenters. The van der Waals surface area contributed by atoms with Crippen LogP contribution in [0.5, 0.6) is 0 Å². The average molecular weight is 804 g/mol. The molecule has 6 nitrogen and oxygen atoms in total. The number of amides is 1. The topological polar surface area (TPSA) is 95.9 Å². The number of nitrogens with one attached hydrogen (secondary N) is 1. The third-order valence-electron chi connectivity index (χ3n) is 11.5. The summed E-state index contributed by atoms with van der Waals surface area (Å²) in [4.78, 5) is 24.4. The molecule has 0 aromatic carbocycles. The van der Waals surface area contributed by atoms with E-state index in [0.29, 0.717) is 25.9 Å². The van der Waals surface area contributed by atoms with Crippen LogP contribution >= 0.6 is 0 Å². The number of allylic oxidation sites excluding steroid dienone is 4. The summed E-state index contributed by atoms with van der Waals surface area (Å²) < 4.78 is 5.43. The van der Waals surface area contributed by atoms with Gasteiger partial charge in [-0.15, -0.1) is 0 Å². The van der Waals surface area contributed by atoms with Crippen LogP contribution in [0.25, 0.3) is 0 Å². The number of esters is 1. The van der Waals surface area contributed by atoms with Crippen molar-refractivity contribution in [3.8, 4) is 0 Å². The molecule has 0 spiro atoms. The van der Waals surface area contributed by atoms with Crippen molar-refractivity contribution in [2.75, 3.05) is 13.2 Å². The molecule has 0 saturated heterocycles. The molecule has 0 aliphatic rings. The Bertz CT molecular complexity index is 889. The number of ether oxygens (including phenoxy) is 1. The maximum atomic E-state index is 12.4. The molecule has 0 rings (SSSR count). The van der Waals surface area contributed by atoms with Gasteiger partial charge < -0.3 is 20.3 Å². The lowest BCUT2D eigenvalue weighted by atomic mass is 10.0. The van der Waals surface area contributed by atoms with Crippen molar-refractivity contribution in [1.82, 2.24) is 5.32 Å². The molecule has 57 heavy (non-hydrogen) atoms. The number of unbranched alkanes of at least 4 members (excludes halogenated alkanes) is 31. The van der Waals surface area contributed by atoms with E-state index in [1.165, 1.54) is 154 Å². The van der Waals surface area contributed by atoms with E-state index in [1.807, 2.05) is 0 Å².